The number of nitrogens with one attached hydrogen (secondary N) is 1. The third-order valence-electron chi connectivity index (χ3n) is 5.23. The van der Waals surface area contributed by atoms with Crippen LogP contribution in [-0.2, 0) is 16.0 Å². The highest BCUT2D eigenvalue weighted by Gasteiger charge is 2.23. The Morgan fingerprint density at radius 1 is 1.10 bits per heavy atom. The number of para-hydroxylation sites is 1. The molecule has 29 heavy (non-hydrogen) atoms. The normalized spacial score (nSPS) is 14.2. The van der Waals surface area contributed by atoms with Crippen LogP contribution in [0.4, 0.5) is 5.82 Å². The van der Waals surface area contributed by atoms with E-state index in [4.69, 9.17) is 4.74 Å². The van der Waals surface area contributed by atoms with Crippen LogP contribution in [0.25, 0.3) is 10.9 Å². The third kappa shape index (κ3) is 4.08. The number of aromatic amines is 1. The Morgan fingerprint density at radius 3 is 2.62 bits per heavy atom. The number of carbonyl (C=O) groups excluding carboxylic acids is 2. The summed E-state index contributed by atoms with van der Waals surface area (Å²) in [6.45, 7) is 4.86. The molecule has 1 fully saturated rings. The summed E-state index contributed by atoms with van der Waals surface area (Å²) in [5.74, 6) is 0.584. The first kappa shape index (κ1) is 19.0. The highest BCUT2D eigenvalue weighted by Crippen LogP contribution is 2.20. The molecular formula is C22H24N4O3. The predicted octanol–water partition coefficient (Wildman–Crippen LogP) is 2.63. The first-order chi connectivity index (χ1) is 14.2. The van der Waals surface area contributed by atoms with Crippen molar-refractivity contribution in [1.29, 1.82) is 0 Å². The maximum atomic E-state index is 12.8. The molecule has 1 aliphatic heterocycles. The minimum atomic E-state index is -0.362. The lowest BCUT2D eigenvalue weighted by atomic mass is 10.1. The summed E-state index contributed by atoms with van der Waals surface area (Å²) in [7, 11) is 0. The van der Waals surface area contributed by atoms with E-state index in [-0.39, 0.29) is 11.9 Å². The van der Waals surface area contributed by atoms with Crippen molar-refractivity contribution in [2.24, 2.45) is 0 Å². The lowest BCUT2D eigenvalue weighted by Crippen LogP contribution is -2.49. The number of esters is 1. The molecule has 0 unspecified atom stereocenters. The van der Waals surface area contributed by atoms with Gasteiger partial charge in [0, 0.05) is 49.5 Å². The molecule has 7 nitrogen and oxygen atoms in total. The molecule has 1 saturated heterocycles. The number of aromatic nitrogens is 2. The van der Waals surface area contributed by atoms with Crippen LogP contribution < -0.4 is 4.90 Å². The second-order valence-corrected chi connectivity index (χ2v) is 7.03. The van der Waals surface area contributed by atoms with E-state index in [2.05, 4.69) is 14.9 Å². The number of H-pyrrole nitrogens is 1. The van der Waals surface area contributed by atoms with Crippen LogP contribution in [-0.4, -0.2) is 59.5 Å². The monoisotopic (exact) mass is 392 g/mol. The van der Waals surface area contributed by atoms with Gasteiger partial charge in [0.05, 0.1) is 18.6 Å². The molecule has 4 rings (SSSR count). The zero-order valence-corrected chi connectivity index (χ0v) is 16.4. The molecule has 1 aromatic carbocycles. The molecule has 0 atom stereocenters. The minimum absolute atomic E-state index is 0.139. The number of piperazine rings is 1. The van der Waals surface area contributed by atoms with Gasteiger partial charge >= 0.3 is 5.97 Å². The fourth-order valence-electron chi connectivity index (χ4n) is 3.65. The van der Waals surface area contributed by atoms with E-state index in [0.717, 1.165) is 22.3 Å². The van der Waals surface area contributed by atoms with Crippen molar-refractivity contribution < 1.29 is 14.3 Å². The zero-order valence-electron chi connectivity index (χ0n) is 16.4. The number of amides is 1. The van der Waals surface area contributed by atoms with Crippen LogP contribution >= 0.6 is 0 Å². The largest absolute Gasteiger partial charge is 0.462 e. The molecule has 0 aliphatic carbocycles. The molecule has 0 bridgehead atoms. The van der Waals surface area contributed by atoms with Gasteiger partial charge in [0.25, 0.3) is 0 Å². The summed E-state index contributed by atoms with van der Waals surface area (Å²) >= 11 is 0. The highest BCUT2D eigenvalue weighted by molar-refractivity contribution is 5.89. The highest BCUT2D eigenvalue weighted by atomic mass is 16.5. The van der Waals surface area contributed by atoms with E-state index in [1.54, 1.807) is 19.2 Å². The van der Waals surface area contributed by atoms with Crippen LogP contribution in [0.3, 0.4) is 0 Å². The summed E-state index contributed by atoms with van der Waals surface area (Å²) < 4.78 is 4.98. The number of fused-ring (bicyclic) bond motifs is 1. The van der Waals surface area contributed by atoms with Crippen molar-refractivity contribution in [3.05, 3.63) is 59.9 Å². The Balaban J connectivity index is 1.34. The van der Waals surface area contributed by atoms with E-state index in [1.807, 2.05) is 41.4 Å². The predicted molar refractivity (Wildman–Crippen MR) is 111 cm³/mol. The van der Waals surface area contributed by atoms with Crippen LogP contribution in [0.2, 0.25) is 0 Å². The number of ether oxygens (including phenoxy) is 1. The van der Waals surface area contributed by atoms with Gasteiger partial charge in [-0.25, -0.2) is 9.78 Å². The Labute approximate surface area is 169 Å². The number of carbonyl (C=O) groups is 2. The molecule has 0 saturated carbocycles. The minimum Gasteiger partial charge on any atom is -0.462 e. The maximum absolute atomic E-state index is 12.8. The van der Waals surface area contributed by atoms with Gasteiger partial charge < -0.3 is 19.5 Å². The standard InChI is InChI=1S/C22H24N4O3/c1-2-29-22(28)16-7-8-20(24-14-16)25-9-11-26(12-10-25)21(27)13-17-15-23-19-6-4-3-5-18(17)19/h3-8,14-15,23H,2,9-13H2,1H3. The van der Waals surface area contributed by atoms with Gasteiger partial charge in [-0.2, -0.15) is 0 Å². The Kier molecular flexibility index (Phi) is 5.46. The van der Waals surface area contributed by atoms with Gasteiger partial charge in [0.2, 0.25) is 5.91 Å². The summed E-state index contributed by atoms with van der Waals surface area (Å²) in [4.78, 5) is 36.2. The molecule has 1 amide bonds. The molecular weight excluding hydrogens is 368 g/mol. The molecule has 1 N–H and O–H groups in total. The quantitative estimate of drug-likeness (QED) is 0.676. The molecule has 7 heteroatoms. The molecule has 150 valence electrons. The van der Waals surface area contributed by atoms with E-state index in [0.29, 0.717) is 44.8 Å². The number of benzene rings is 1. The van der Waals surface area contributed by atoms with E-state index < -0.39 is 0 Å². The molecule has 2 aromatic heterocycles. The average molecular weight is 392 g/mol. The smallest absolute Gasteiger partial charge is 0.339 e. The van der Waals surface area contributed by atoms with Gasteiger partial charge in [-0.05, 0) is 30.7 Å². The molecule has 0 spiro atoms. The van der Waals surface area contributed by atoms with Crippen molar-refractivity contribution in [3.8, 4) is 0 Å². The Hall–Kier alpha value is -3.35. The molecule has 3 aromatic rings. The second-order valence-electron chi connectivity index (χ2n) is 7.03. The van der Waals surface area contributed by atoms with Gasteiger partial charge in [0.15, 0.2) is 0 Å². The maximum Gasteiger partial charge on any atom is 0.339 e. The van der Waals surface area contributed by atoms with Gasteiger partial charge in [-0.1, -0.05) is 18.2 Å². The third-order valence-corrected chi connectivity index (χ3v) is 5.23. The molecule has 0 radical (unpaired) electrons. The van der Waals surface area contributed by atoms with E-state index in [1.165, 1.54) is 0 Å². The average Bonchev–Trinajstić information content (AvgIpc) is 3.17. The fourth-order valence-corrected chi connectivity index (χ4v) is 3.65. The number of nitrogens with zero attached hydrogens (tertiary/aromatic N) is 3. The van der Waals surface area contributed by atoms with Gasteiger partial charge in [-0.3, -0.25) is 4.79 Å². The van der Waals surface area contributed by atoms with Gasteiger partial charge in [0.1, 0.15) is 5.82 Å². The number of hydrogen-bond donors (Lipinski definition) is 1. The van der Waals surface area contributed by atoms with Crippen LogP contribution in [0.1, 0.15) is 22.8 Å². The summed E-state index contributed by atoms with van der Waals surface area (Å²) in [5.41, 5.74) is 2.53. The van der Waals surface area contributed by atoms with Crippen molar-refractivity contribution in [2.75, 3.05) is 37.7 Å². The zero-order chi connectivity index (χ0) is 20.2. The second kappa shape index (κ2) is 8.34. The lowest BCUT2D eigenvalue weighted by Gasteiger charge is -2.35. The van der Waals surface area contributed by atoms with Crippen molar-refractivity contribution >= 4 is 28.6 Å². The lowest BCUT2D eigenvalue weighted by molar-refractivity contribution is -0.130. The first-order valence-corrected chi connectivity index (χ1v) is 9.86. The number of pyridine rings is 1. The van der Waals surface area contributed by atoms with Crippen molar-refractivity contribution in [2.45, 2.75) is 13.3 Å². The summed E-state index contributed by atoms with van der Waals surface area (Å²) in [6.07, 6.45) is 3.87. The van der Waals surface area contributed by atoms with E-state index in [9.17, 15) is 9.59 Å². The topological polar surface area (TPSA) is 78.5 Å². The van der Waals surface area contributed by atoms with Crippen molar-refractivity contribution in [3.63, 3.8) is 0 Å². The van der Waals surface area contributed by atoms with Crippen LogP contribution in [0, 0.1) is 0 Å². The number of hydrogen-bond acceptors (Lipinski definition) is 5. The van der Waals surface area contributed by atoms with Gasteiger partial charge in [-0.15, -0.1) is 0 Å². The SMILES string of the molecule is CCOC(=O)c1ccc(N2CCN(C(=O)Cc3c[nH]c4ccccc34)CC2)nc1. The number of rotatable bonds is 5. The van der Waals surface area contributed by atoms with Crippen LogP contribution in [0.5, 0.6) is 0 Å². The Morgan fingerprint density at radius 2 is 1.90 bits per heavy atom. The molecule has 1 aliphatic rings. The molecule has 3 heterocycles. The van der Waals surface area contributed by atoms with Crippen molar-refractivity contribution in [1.82, 2.24) is 14.9 Å². The van der Waals surface area contributed by atoms with E-state index >= 15 is 0 Å². The fraction of sp³-hybridized carbons (Fsp3) is 0.318. The van der Waals surface area contributed by atoms with Crippen LogP contribution in [0.15, 0.2) is 48.8 Å². The first-order valence-electron chi connectivity index (χ1n) is 9.86. The summed E-state index contributed by atoms with van der Waals surface area (Å²) in [6, 6.07) is 11.6. The summed E-state index contributed by atoms with van der Waals surface area (Å²) in [5, 5.41) is 1.10. The number of anilines is 1. The Bertz CT molecular complexity index is 1000.